The van der Waals surface area contributed by atoms with Crippen molar-refractivity contribution in [2.24, 2.45) is 5.10 Å². The molecule has 0 aromatic heterocycles. The lowest BCUT2D eigenvalue weighted by atomic mass is 10.2. The third-order valence-corrected chi connectivity index (χ3v) is 2.26. The molecule has 2 amide bonds. The fourth-order valence-electron chi connectivity index (χ4n) is 1.43. The molecule has 0 bridgehead atoms. The highest BCUT2D eigenvalue weighted by atomic mass is 16.6. The summed E-state index contributed by atoms with van der Waals surface area (Å²) < 4.78 is 0. The Bertz CT molecular complexity index is 486. The Morgan fingerprint density at radius 3 is 3.00 bits per heavy atom. The molecule has 0 aliphatic carbocycles. The molecule has 1 aromatic carbocycles. The summed E-state index contributed by atoms with van der Waals surface area (Å²) in [5.41, 5.74) is 0.582. The van der Waals surface area contributed by atoms with Crippen molar-refractivity contribution in [1.29, 1.82) is 0 Å². The summed E-state index contributed by atoms with van der Waals surface area (Å²) in [6.07, 6.45) is 1.43. The topological polar surface area (TPSA) is 87.8 Å². The third-order valence-electron chi connectivity index (χ3n) is 2.26. The number of non-ortho nitro benzene ring substituents is 1. The smallest absolute Gasteiger partial charge is 0.335 e. The largest absolute Gasteiger partial charge is 0.337 e. The molecule has 88 valence electrons. The Balaban J connectivity index is 2.12. The van der Waals surface area contributed by atoms with E-state index in [1.54, 1.807) is 12.1 Å². The first-order chi connectivity index (χ1) is 8.16. The zero-order chi connectivity index (χ0) is 12.3. The second-order valence-corrected chi connectivity index (χ2v) is 3.45. The summed E-state index contributed by atoms with van der Waals surface area (Å²) in [6.45, 7) is 1.06. The zero-order valence-corrected chi connectivity index (χ0v) is 8.87. The normalized spacial score (nSPS) is 15.3. The van der Waals surface area contributed by atoms with E-state index in [1.165, 1.54) is 23.4 Å². The monoisotopic (exact) mass is 234 g/mol. The van der Waals surface area contributed by atoms with Crippen LogP contribution in [0.5, 0.6) is 0 Å². The molecule has 1 N–H and O–H groups in total. The van der Waals surface area contributed by atoms with Crippen LogP contribution < -0.4 is 5.32 Å². The molecule has 7 heteroatoms. The van der Waals surface area contributed by atoms with E-state index in [9.17, 15) is 14.9 Å². The Labute approximate surface area is 96.9 Å². The van der Waals surface area contributed by atoms with Gasteiger partial charge in [0.05, 0.1) is 17.7 Å². The van der Waals surface area contributed by atoms with Gasteiger partial charge in [-0.15, -0.1) is 0 Å². The average molecular weight is 234 g/mol. The van der Waals surface area contributed by atoms with Crippen molar-refractivity contribution < 1.29 is 9.72 Å². The molecule has 0 unspecified atom stereocenters. The van der Waals surface area contributed by atoms with Crippen LogP contribution in [0, 0.1) is 10.1 Å². The Hall–Kier alpha value is -2.44. The highest BCUT2D eigenvalue weighted by Crippen LogP contribution is 2.11. The SMILES string of the molecule is O=C1NCCN1/N=C/c1cccc([N+](=O)[O-])c1. The minimum Gasteiger partial charge on any atom is -0.335 e. The van der Waals surface area contributed by atoms with E-state index in [4.69, 9.17) is 0 Å². The molecule has 1 saturated heterocycles. The lowest BCUT2D eigenvalue weighted by Crippen LogP contribution is -2.23. The molecule has 0 spiro atoms. The van der Waals surface area contributed by atoms with E-state index in [0.717, 1.165) is 0 Å². The van der Waals surface area contributed by atoms with E-state index in [1.807, 2.05) is 0 Å². The van der Waals surface area contributed by atoms with Crippen LogP contribution in [0.2, 0.25) is 0 Å². The number of nitro benzene ring substituents is 1. The molecule has 1 aliphatic heterocycles. The number of amides is 2. The van der Waals surface area contributed by atoms with Crippen molar-refractivity contribution in [3.63, 3.8) is 0 Å². The maximum Gasteiger partial charge on any atom is 0.337 e. The van der Waals surface area contributed by atoms with Gasteiger partial charge >= 0.3 is 6.03 Å². The summed E-state index contributed by atoms with van der Waals surface area (Å²) in [5, 5.41) is 18.4. The van der Waals surface area contributed by atoms with E-state index >= 15 is 0 Å². The van der Waals surface area contributed by atoms with Crippen LogP contribution in [0.15, 0.2) is 29.4 Å². The number of carbonyl (C=O) groups is 1. The van der Waals surface area contributed by atoms with Crippen LogP contribution in [0.1, 0.15) is 5.56 Å². The fraction of sp³-hybridized carbons (Fsp3) is 0.200. The number of hydrazone groups is 1. The Morgan fingerprint density at radius 1 is 1.53 bits per heavy atom. The van der Waals surface area contributed by atoms with Gasteiger partial charge in [-0.1, -0.05) is 12.1 Å². The van der Waals surface area contributed by atoms with Gasteiger partial charge in [0, 0.05) is 24.2 Å². The highest BCUT2D eigenvalue weighted by molar-refractivity contribution is 5.83. The lowest BCUT2D eigenvalue weighted by molar-refractivity contribution is -0.384. The molecule has 2 rings (SSSR count). The van der Waals surface area contributed by atoms with Crippen molar-refractivity contribution in [2.45, 2.75) is 0 Å². The number of hydrogen-bond acceptors (Lipinski definition) is 4. The van der Waals surface area contributed by atoms with E-state index in [2.05, 4.69) is 10.4 Å². The number of benzene rings is 1. The van der Waals surface area contributed by atoms with Crippen molar-refractivity contribution >= 4 is 17.9 Å². The predicted molar refractivity (Wildman–Crippen MR) is 60.8 cm³/mol. The van der Waals surface area contributed by atoms with Gasteiger partial charge in [0.15, 0.2) is 0 Å². The summed E-state index contributed by atoms with van der Waals surface area (Å²) in [5.74, 6) is 0. The van der Waals surface area contributed by atoms with Crippen LogP contribution in [0.25, 0.3) is 0 Å². The molecular formula is C10H10N4O3. The quantitative estimate of drug-likeness (QED) is 0.480. The molecular weight excluding hydrogens is 224 g/mol. The molecule has 17 heavy (non-hydrogen) atoms. The van der Waals surface area contributed by atoms with Crippen LogP contribution in [0.4, 0.5) is 10.5 Å². The first-order valence-electron chi connectivity index (χ1n) is 5.00. The van der Waals surface area contributed by atoms with Gasteiger partial charge in [0.25, 0.3) is 5.69 Å². The van der Waals surface area contributed by atoms with Gasteiger partial charge in [-0.05, 0) is 0 Å². The minimum atomic E-state index is -0.472. The molecule has 1 heterocycles. The van der Waals surface area contributed by atoms with Crippen molar-refractivity contribution in [3.8, 4) is 0 Å². The molecule has 0 atom stereocenters. The van der Waals surface area contributed by atoms with Gasteiger partial charge in [0.1, 0.15) is 0 Å². The predicted octanol–water partition coefficient (Wildman–Crippen LogP) is 0.954. The molecule has 1 aromatic rings. The first kappa shape index (κ1) is 11.1. The second-order valence-electron chi connectivity index (χ2n) is 3.45. The van der Waals surface area contributed by atoms with Crippen LogP contribution in [-0.4, -0.2) is 35.3 Å². The van der Waals surface area contributed by atoms with Gasteiger partial charge in [-0.2, -0.15) is 5.10 Å². The number of nitro groups is 1. The Kier molecular flexibility index (Phi) is 2.99. The second kappa shape index (κ2) is 4.60. The summed E-state index contributed by atoms with van der Waals surface area (Å²) in [6, 6.07) is 5.80. The number of nitrogens with one attached hydrogen (secondary N) is 1. The number of hydrogen-bond donors (Lipinski definition) is 1. The standard InChI is InChI=1S/C10H10N4O3/c15-10-11-4-5-13(10)12-7-8-2-1-3-9(6-8)14(16)17/h1-3,6-7H,4-5H2,(H,11,15)/b12-7+. The van der Waals surface area contributed by atoms with Crippen LogP contribution in [0.3, 0.4) is 0 Å². The zero-order valence-electron chi connectivity index (χ0n) is 8.87. The average Bonchev–Trinajstić information content (AvgIpc) is 2.72. The van der Waals surface area contributed by atoms with Gasteiger partial charge in [-0.3, -0.25) is 10.1 Å². The molecule has 1 aliphatic rings. The minimum absolute atomic E-state index is 0.000163. The third kappa shape index (κ3) is 2.57. The first-order valence-corrected chi connectivity index (χ1v) is 5.00. The maximum atomic E-state index is 11.2. The summed E-state index contributed by atoms with van der Waals surface area (Å²) >= 11 is 0. The maximum absolute atomic E-state index is 11.2. The lowest BCUT2D eigenvalue weighted by Gasteiger charge is -2.04. The van der Waals surface area contributed by atoms with E-state index < -0.39 is 4.92 Å². The number of carbonyl (C=O) groups excluding carboxylic acids is 1. The molecule has 0 saturated carbocycles. The van der Waals surface area contributed by atoms with Crippen molar-refractivity contribution in [3.05, 3.63) is 39.9 Å². The number of rotatable bonds is 3. The van der Waals surface area contributed by atoms with Crippen LogP contribution >= 0.6 is 0 Å². The van der Waals surface area contributed by atoms with E-state index in [-0.39, 0.29) is 11.7 Å². The Morgan fingerprint density at radius 2 is 2.35 bits per heavy atom. The number of urea groups is 1. The van der Waals surface area contributed by atoms with Gasteiger partial charge in [0.2, 0.25) is 0 Å². The highest BCUT2D eigenvalue weighted by Gasteiger charge is 2.17. The fourth-order valence-corrected chi connectivity index (χ4v) is 1.43. The molecule has 0 radical (unpaired) electrons. The molecule has 1 fully saturated rings. The van der Waals surface area contributed by atoms with Gasteiger partial charge in [-0.25, -0.2) is 9.80 Å². The number of nitrogens with zero attached hydrogens (tertiary/aromatic N) is 3. The summed E-state index contributed by atoms with van der Waals surface area (Å²) in [7, 11) is 0. The van der Waals surface area contributed by atoms with E-state index in [0.29, 0.717) is 18.7 Å². The van der Waals surface area contributed by atoms with Gasteiger partial charge < -0.3 is 5.32 Å². The summed E-state index contributed by atoms with van der Waals surface area (Å²) in [4.78, 5) is 21.2. The van der Waals surface area contributed by atoms with Crippen molar-refractivity contribution in [2.75, 3.05) is 13.1 Å². The molecule has 7 nitrogen and oxygen atoms in total. The van der Waals surface area contributed by atoms with Crippen LogP contribution in [-0.2, 0) is 0 Å². The van der Waals surface area contributed by atoms with Crippen molar-refractivity contribution in [1.82, 2.24) is 10.3 Å².